The van der Waals surface area contributed by atoms with Crippen molar-refractivity contribution in [2.45, 2.75) is 39.3 Å². The molecule has 8 heteroatoms. The molecule has 3 heterocycles. The molecule has 2 aromatic rings. The third-order valence-electron chi connectivity index (χ3n) is 5.95. The van der Waals surface area contributed by atoms with E-state index in [4.69, 9.17) is 9.47 Å². The first-order valence-electron chi connectivity index (χ1n) is 11.5. The fourth-order valence-electron chi connectivity index (χ4n) is 4.23. The van der Waals surface area contributed by atoms with Crippen molar-refractivity contribution in [1.29, 1.82) is 0 Å². The Hall–Kier alpha value is -2.87. The fourth-order valence-corrected chi connectivity index (χ4v) is 4.23. The number of piperidine rings is 1. The molecule has 2 saturated heterocycles. The number of ether oxygens (including phenoxy) is 2. The summed E-state index contributed by atoms with van der Waals surface area (Å²) < 4.78 is 11.1. The third-order valence-corrected chi connectivity index (χ3v) is 5.95. The van der Waals surface area contributed by atoms with Crippen molar-refractivity contribution in [2.24, 2.45) is 5.92 Å². The molecular formula is C24H33N5O3. The monoisotopic (exact) mass is 439 g/mol. The third kappa shape index (κ3) is 5.68. The summed E-state index contributed by atoms with van der Waals surface area (Å²) in [6.45, 7) is 9.32. The zero-order chi connectivity index (χ0) is 22.3. The van der Waals surface area contributed by atoms with Crippen LogP contribution in [0.25, 0.3) is 0 Å². The van der Waals surface area contributed by atoms with Crippen molar-refractivity contribution in [3.63, 3.8) is 0 Å². The number of carbonyl (C=O) groups is 1. The van der Waals surface area contributed by atoms with E-state index < -0.39 is 0 Å². The van der Waals surface area contributed by atoms with E-state index in [0.717, 1.165) is 75.1 Å². The molecule has 1 aromatic heterocycles. The predicted molar refractivity (Wildman–Crippen MR) is 124 cm³/mol. The van der Waals surface area contributed by atoms with E-state index in [1.807, 2.05) is 44.3 Å². The van der Waals surface area contributed by atoms with E-state index in [1.165, 1.54) is 0 Å². The zero-order valence-electron chi connectivity index (χ0n) is 19.0. The number of morpholine rings is 1. The highest BCUT2D eigenvalue weighted by atomic mass is 16.5. The van der Waals surface area contributed by atoms with Gasteiger partial charge in [-0.05, 0) is 44.4 Å². The number of rotatable bonds is 7. The smallest absolute Gasteiger partial charge is 0.223 e. The summed E-state index contributed by atoms with van der Waals surface area (Å²) in [5.41, 5.74) is 2.13. The SMILES string of the molecule is CC(C)Oc1ccc(CNC(=O)C2CCN(c3cncnc3N3CCOCC3)CC2)cc1. The molecule has 0 unspecified atom stereocenters. The van der Waals surface area contributed by atoms with Crippen molar-refractivity contribution in [3.05, 3.63) is 42.4 Å². The molecule has 2 fully saturated rings. The fraction of sp³-hybridized carbons (Fsp3) is 0.542. The van der Waals surface area contributed by atoms with Crippen LogP contribution >= 0.6 is 0 Å². The average Bonchev–Trinajstić information content (AvgIpc) is 2.84. The number of hydrogen-bond acceptors (Lipinski definition) is 7. The Bertz CT molecular complexity index is 875. The summed E-state index contributed by atoms with van der Waals surface area (Å²) in [4.78, 5) is 26.1. The Morgan fingerprint density at radius 2 is 1.84 bits per heavy atom. The molecule has 0 aliphatic carbocycles. The summed E-state index contributed by atoms with van der Waals surface area (Å²) in [5, 5.41) is 3.10. The minimum atomic E-state index is 0.0336. The van der Waals surface area contributed by atoms with Gasteiger partial charge in [0.25, 0.3) is 0 Å². The van der Waals surface area contributed by atoms with Gasteiger partial charge in [-0.2, -0.15) is 0 Å². The van der Waals surface area contributed by atoms with Crippen LogP contribution in [-0.2, 0) is 16.1 Å². The van der Waals surface area contributed by atoms with Gasteiger partial charge in [-0.3, -0.25) is 4.79 Å². The standard InChI is InChI=1S/C24H33N5O3/c1-18(2)32-21-5-3-19(4-6-21)15-26-24(30)20-7-9-28(10-8-20)22-16-25-17-27-23(22)29-11-13-31-14-12-29/h3-6,16-18,20H,7-15H2,1-2H3,(H,26,30). The van der Waals surface area contributed by atoms with Gasteiger partial charge in [-0.1, -0.05) is 12.1 Å². The molecule has 0 radical (unpaired) electrons. The lowest BCUT2D eigenvalue weighted by Crippen LogP contribution is -2.42. The highest BCUT2D eigenvalue weighted by molar-refractivity contribution is 5.79. The highest BCUT2D eigenvalue weighted by Gasteiger charge is 2.27. The van der Waals surface area contributed by atoms with Gasteiger partial charge in [-0.15, -0.1) is 0 Å². The Labute approximate surface area is 189 Å². The van der Waals surface area contributed by atoms with Crippen LogP contribution in [0.15, 0.2) is 36.8 Å². The topological polar surface area (TPSA) is 79.8 Å². The summed E-state index contributed by atoms with van der Waals surface area (Å²) in [7, 11) is 0. The lowest BCUT2D eigenvalue weighted by atomic mass is 9.95. The number of nitrogens with zero attached hydrogens (tertiary/aromatic N) is 4. The number of aromatic nitrogens is 2. The van der Waals surface area contributed by atoms with Crippen molar-refractivity contribution in [1.82, 2.24) is 15.3 Å². The first kappa shape index (κ1) is 22.3. The molecule has 8 nitrogen and oxygen atoms in total. The maximum Gasteiger partial charge on any atom is 0.223 e. The van der Waals surface area contributed by atoms with Crippen molar-refractivity contribution in [2.75, 3.05) is 49.2 Å². The Morgan fingerprint density at radius 3 is 2.53 bits per heavy atom. The molecule has 2 aliphatic heterocycles. The molecule has 1 aromatic carbocycles. The zero-order valence-corrected chi connectivity index (χ0v) is 19.0. The van der Waals surface area contributed by atoms with Crippen LogP contribution in [0, 0.1) is 5.92 Å². The first-order chi connectivity index (χ1) is 15.6. The Kier molecular flexibility index (Phi) is 7.42. The van der Waals surface area contributed by atoms with Crippen molar-refractivity contribution >= 4 is 17.4 Å². The van der Waals surface area contributed by atoms with E-state index in [-0.39, 0.29) is 17.9 Å². The average molecular weight is 440 g/mol. The van der Waals surface area contributed by atoms with Gasteiger partial charge >= 0.3 is 0 Å². The number of amides is 1. The number of anilines is 2. The maximum atomic E-state index is 12.7. The Balaban J connectivity index is 1.28. The molecule has 0 bridgehead atoms. The van der Waals surface area contributed by atoms with Crippen LogP contribution in [0.2, 0.25) is 0 Å². The number of hydrogen-bond donors (Lipinski definition) is 1. The summed E-state index contributed by atoms with van der Waals surface area (Å²) >= 11 is 0. The lowest BCUT2D eigenvalue weighted by molar-refractivity contribution is -0.125. The molecule has 32 heavy (non-hydrogen) atoms. The van der Waals surface area contributed by atoms with E-state index in [1.54, 1.807) is 6.33 Å². The van der Waals surface area contributed by atoms with Gasteiger partial charge in [0.15, 0.2) is 5.82 Å². The van der Waals surface area contributed by atoms with E-state index in [2.05, 4.69) is 25.1 Å². The number of nitrogens with one attached hydrogen (secondary N) is 1. The van der Waals surface area contributed by atoms with Crippen LogP contribution in [0.4, 0.5) is 11.5 Å². The summed E-state index contributed by atoms with van der Waals surface area (Å²) in [6.07, 6.45) is 5.30. The van der Waals surface area contributed by atoms with E-state index in [9.17, 15) is 4.79 Å². The summed E-state index contributed by atoms with van der Waals surface area (Å²) in [6, 6.07) is 7.91. The quantitative estimate of drug-likeness (QED) is 0.710. The molecule has 0 spiro atoms. The summed E-state index contributed by atoms with van der Waals surface area (Å²) in [5.74, 6) is 1.98. The van der Waals surface area contributed by atoms with Gasteiger partial charge in [-0.25, -0.2) is 9.97 Å². The van der Waals surface area contributed by atoms with Gasteiger partial charge in [0.1, 0.15) is 12.1 Å². The van der Waals surface area contributed by atoms with E-state index in [0.29, 0.717) is 6.54 Å². The highest BCUT2D eigenvalue weighted by Crippen LogP contribution is 2.30. The first-order valence-corrected chi connectivity index (χ1v) is 11.5. The van der Waals surface area contributed by atoms with Crippen LogP contribution in [0.3, 0.4) is 0 Å². The molecule has 1 amide bonds. The van der Waals surface area contributed by atoms with Gasteiger partial charge in [0, 0.05) is 38.6 Å². The van der Waals surface area contributed by atoms with Gasteiger partial charge in [0.05, 0.1) is 31.2 Å². The van der Waals surface area contributed by atoms with Crippen LogP contribution in [-0.4, -0.2) is 61.4 Å². The molecule has 0 saturated carbocycles. The minimum Gasteiger partial charge on any atom is -0.491 e. The second-order valence-corrected chi connectivity index (χ2v) is 8.62. The Morgan fingerprint density at radius 1 is 1.12 bits per heavy atom. The number of carbonyl (C=O) groups excluding carboxylic acids is 1. The molecule has 1 N–H and O–H groups in total. The predicted octanol–water partition coefficient (Wildman–Crippen LogP) is 2.63. The largest absolute Gasteiger partial charge is 0.491 e. The molecular weight excluding hydrogens is 406 g/mol. The van der Waals surface area contributed by atoms with Crippen molar-refractivity contribution < 1.29 is 14.3 Å². The second-order valence-electron chi connectivity index (χ2n) is 8.62. The van der Waals surface area contributed by atoms with Crippen LogP contribution in [0.5, 0.6) is 5.75 Å². The second kappa shape index (κ2) is 10.6. The maximum absolute atomic E-state index is 12.7. The number of benzene rings is 1. The minimum absolute atomic E-state index is 0.0336. The molecule has 172 valence electrons. The molecule has 0 atom stereocenters. The van der Waals surface area contributed by atoms with Crippen LogP contribution < -0.4 is 19.9 Å². The van der Waals surface area contributed by atoms with Gasteiger partial charge < -0.3 is 24.6 Å². The van der Waals surface area contributed by atoms with Crippen molar-refractivity contribution in [3.8, 4) is 5.75 Å². The molecule has 2 aliphatic rings. The lowest BCUT2D eigenvalue weighted by Gasteiger charge is -2.36. The normalized spacial score (nSPS) is 17.5. The van der Waals surface area contributed by atoms with E-state index >= 15 is 0 Å². The van der Waals surface area contributed by atoms with Crippen LogP contribution in [0.1, 0.15) is 32.3 Å². The molecule has 4 rings (SSSR count). The van der Waals surface area contributed by atoms with Gasteiger partial charge in [0.2, 0.25) is 5.91 Å².